The lowest BCUT2D eigenvalue weighted by Crippen LogP contribution is -2.33. The molecule has 0 aromatic heterocycles. The largest absolute Gasteiger partial charge is 0.328 e. The third-order valence-corrected chi connectivity index (χ3v) is 3.53. The van der Waals surface area contributed by atoms with Crippen LogP contribution in [0.1, 0.15) is 31.9 Å². The molecule has 1 aliphatic rings. The van der Waals surface area contributed by atoms with E-state index < -0.39 is 0 Å². The van der Waals surface area contributed by atoms with Crippen LogP contribution in [0.25, 0.3) is 6.08 Å². The van der Waals surface area contributed by atoms with Crippen LogP contribution in [-0.4, -0.2) is 22.5 Å². The highest BCUT2D eigenvalue weighted by Crippen LogP contribution is 2.16. The zero-order chi connectivity index (χ0) is 14.7. The topological polar surface area (TPSA) is 32.3 Å². The van der Waals surface area contributed by atoms with Gasteiger partial charge < -0.3 is 5.32 Å². The molecular formula is C16H20N2OS. The van der Waals surface area contributed by atoms with E-state index in [1.54, 1.807) is 4.90 Å². The maximum Gasteiger partial charge on any atom is 0.276 e. The number of benzene rings is 1. The summed E-state index contributed by atoms with van der Waals surface area (Å²) in [5.74, 6) is 0.352. The number of amides is 1. The number of nitrogens with zero attached hydrogens (tertiary/aromatic N) is 1. The molecule has 1 aliphatic heterocycles. The number of aryl methyl sites for hydroxylation is 1. The smallest absolute Gasteiger partial charge is 0.276 e. The highest BCUT2D eigenvalue weighted by molar-refractivity contribution is 7.80. The van der Waals surface area contributed by atoms with Gasteiger partial charge in [-0.3, -0.25) is 9.69 Å². The molecule has 0 aliphatic carbocycles. The molecular weight excluding hydrogens is 268 g/mol. The summed E-state index contributed by atoms with van der Waals surface area (Å²) >= 11 is 5.22. The Bertz CT molecular complexity index is 546. The van der Waals surface area contributed by atoms with Gasteiger partial charge in [0.2, 0.25) is 0 Å². The summed E-state index contributed by atoms with van der Waals surface area (Å²) in [6.07, 6.45) is 2.87. The van der Waals surface area contributed by atoms with E-state index in [0.29, 0.717) is 23.3 Å². The molecule has 1 fully saturated rings. The quantitative estimate of drug-likeness (QED) is 0.683. The molecule has 0 bridgehead atoms. The molecule has 1 aromatic carbocycles. The summed E-state index contributed by atoms with van der Waals surface area (Å²) < 4.78 is 0. The molecule has 0 spiro atoms. The minimum atomic E-state index is -0.0386. The first-order valence-electron chi connectivity index (χ1n) is 6.94. The SMILES string of the molecule is CCc1ccc(/C=C2/NC(=S)N(CC(C)C)C2=O)cc1. The second-order valence-electron chi connectivity index (χ2n) is 5.39. The zero-order valence-corrected chi connectivity index (χ0v) is 13.0. The molecule has 20 heavy (non-hydrogen) atoms. The van der Waals surface area contributed by atoms with Crippen molar-refractivity contribution >= 4 is 29.3 Å². The number of hydrogen-bond acceptors (Lipinski definition) is 2. The zero-order valence-electron chi connectivity index (χ0n) is 12.1. The van der Waals surface area contributed by atoms with Crippen LogP contribution in [-0.2, 0) is 11.2 Å². The van der Waals surface area contributed by atoms with Crippen molar-refractivity contribution in [2.24, 2.45) is 5.92 Å². The Balaban J connectivity index is 2.18. The lowest BCUT2D eigenvalue weighted by atomic mass is 10.1. The minimum Gasteiger partial charge on any atom is -0.328 e. The Kier molecular flexibility index (Phi) is 4.55. The first kappa shape index (κ1) is 14.7. The van der Waals surface area contributed by atoms with Crippen molar-refractivity contribution in [2.75, 3.05) is 6.54 Å². The molecule has 1 N–H and O–H groups in total. The van der Waals surface area contributed by atoms with Crippen molar-refractivity contribution in [3.63, 3.8) is 0 Å². The Morgan fingerprint density at radius 2 is 1.95 bits per heavy atom. The van der Waals surface area contributed by atoms with Crippen LogP contribution in [0.15, 0.2) is 30.0 Å². The molecule has 3 nitrogen and oxygen atoms in total. The minimum absolute atomic E-state index is 0.0386. The van der Waals surface area contributed by atoms with Gasteiger partial charge in [0.05, 0.1) is 0 Å². The van der Waals surface area contributed by atoms with Gasteiger partial charge in [0.25, 0.3) is 5.91 Å². The van der Waals surface area contributed by atoms with E-state index >= 15 is 0 Å². The maximum atomic E-state index is 12.3. The van der Waals surface area contributed by atoms with E-state index in [9.17, 15) is 4.79 Å². The average Bonchev–Trinajstić information content (AvgIpc) is 2.67. The normalized spacial score (nSPS) is 17.2. The summed E-state index contributed by atoms with van der Waals surface area (Å²) in [7, 11) is 0. The number of thiocarbonyl (C=S) groups is 1. The van der Waals surface area contributed by atoms with Crippen LogP contribution in [0.4, 0.5) is 0 Å². The molecule has 1 saturated heterocycles. The van der Waals surface area contributed by atoms with Crippen LogP contribution in [0.3, 0.4) is 0 Å². The monoisotopic (exact) mass is 288 g/mol. The van der Waals surface area contributed by atoms with E-state index in [-0.39, 0.29) is 5.91 Å². The highest BCUT2D eigenvalue weighted by Gasteiger charge is 2.30. The van der Waals surface area contributed by atoms with Gasteiger partial charge in [0.1, 0.15) is 5.70 Å². The Labute approximate surface area is 125 Å². The Morgan fingerprint density at radius 1 is 1.30 bits per heavy atom. The molecule has 1 amide bonds. The van der Waals surface area contributed by atoms with Crippen LogP contribution in [0.2, 0.25) is 0 Å². The van der Waals surface area contributed by atoms with Crippen molar-refractivity contribution in [1.82, 2.24) is 10.2 Å². The predicted molar refractivity (Wildman–Crippen MR) is 86.1 cm³/mol. The summed E-state index contributed by atoms with van der Waals surface area (Å²) in [5.41, 5.74) is 2.85. The molecule has 0 radical (unpaired) electrons. The molecule has 1 aromatic rings. The van der Waals surface area contributed by atoms with Gasteiger partial charge in [-0.25, -0.2) is 0 Å². The summed E-state index contributed by atoms with van der Waals surface area (Å²) in [6.45, 7) is 6.91. The van der Waals surface area contributed by atoms with Crippen LogP contribution in [0.5, 0.6) is 0 Å². The Hall–Kier alpha value is -1.68. The maximum absolute atomic E-state index is 12.3. The van der Waals surface area contributed by atoms with Crippen molar-refractivity contribution in [3.8, 4) is 0 Å². The number of nitrogens with one attached hydrogen (secondary N) is 1. The van der Waals surface area contributed by atoms with Crippen molar-refractivity contribution in [2.45, 2.75) is 27.2 Å². The van der Waals surface area contributed by atoms with E-state index in [2.05, 4.69) is 38.2 Å². The van der Waals surface area contributed by atoms with Crippen LogP contribution in [0, 0.1) is 5.92 Å². The predicted octanol–water partition coefficient (Wildman–Crippen LogP) is 2.96. The standard InChI is InChI=1S/C16H20N2OS/c1-4-12-5-7-13(8-6-12)9-14-15(19)18(10-11(2)3)16(20)17-14/h5-9,11H,4,10H2,1-3H3,(H,17,20)/b14-9+. The Morgan fingerprint density at radius 3 is 2.50 bits per heavy atom. The van der Waals surface area contributed by atoms with Gasteiger partial charge in [-0.15, -0.1) is 0 Å². The van der Waals surface area contributed by atoms with E-state index in [1.807, 2.05) is 18.2 Å². The number of carbonyl (C=O) groups excluding carboxylic acids is 1. The number of hydrogen-bond donors (Lipinski definition) is 1. The average molecular weight is 288 g/mol. The van der Waals surface area contributed by atoms with Crippen LogP contribution >= 0.6 is 12.2 Å². The third-order valence-electron chi connectivity index (χ3n) is 3.21. The second kappa shape index (κ2) is 6.18. The lowest BCUT2D eigenvalue weighted by Gasteiger charge is -2.15. The first-order valence-corrected chi connectivity index (χ1v) is 7.35. The van der Waals surface area contributed by atoms with Crippen LogP contribution < -0.4 is 5.32 Å². The second-order valence-corrected chi connectivity index (χ2v) is 5.78. The molecule has 2 rings (SSSR count). The van der Waals surface area contributed by atoms with Gasteiger partial charge in [0.15, 0.2) is 5.11 Å². The van der Waals surface area contributed by atoms with Gasteiger partial charge in [-0.1, -0.05) is 45.0 Å². The van der Waals surface area contributed by atoms with Gasteiger partial charge >= 0.3 is 0 Å². The van der Waals surface area contributed by atoms with Gasteiger partial charge in [-0.05, 0) is 41.8 Å². The lowest BCUT2D eigenvalue weighted by molar-refractivity contribution is -0.122. The van der Waals surface area contributed by atoms with Crippen molar-refractivity contribution in [1.29, 1.82) is 0 Å². The summed E-state index contributed by atoms with van der Waals surface area (Å²) in [5, 5.41) is 3.51. The molecule has 0 saturated carbocycles. The molecule has 4 heteroatoms. The van der Waals surface area contributed by atoms with Crippen molar-refractivity contribution in [3.05, 3.63) is 41.1 Å². The molecule has 0 atom stereocenters. The fraction of sp³-hybridized carbons (Fsp3) is 0.375. The molecule has 1 heterocycles. The molecule has 0 unspecified atom stereocenters. The van der Waals surface area contributed by atoms with E-state index in [0.717, 1.165) is 12.0 Å². The highest BCUT2D eigenvalue weighted by atomic mass is 32.1. The summed E-state index contributed by atoms with van der Waals surface area (Å²) in [4.78, 5) is 13.9. The number of rotatable bonds is 4. The van der Waals surface area contributed by atoms with Gasteiger partial charge in [-0.2, -0.15) is 0 Å². The fourth-order valence-corrected chi connectivity index (χ4v) is 2.39. The van der Waals surface area contributed by atoms with Crippen molar-refractivity contribution < 1.29 is 4.79 Å². The van der Waals surface area contributed by atoms with E-state index in [1.165, 1.54) is 5.56 Å². The van der Waals surface area contributed by atoms with E-state index in [4.69, 9.17) is 12.2 Å². The number of carbonyl (C=O) groups is 1. The first-order chi connectivity index (χ1) is 9.51. The van der Waals surface area contributed by atoms with Gasteiger partial charge in [0, 0.05) is 6.54 Å². The summed E-state index contributed by atoms with van der Waals surface area (Å²) in [6, 6.07) is 8.20. The molecule has 106 valence electrons. The fourth-order valence-electron chi connectivity index (χ4n) is 2.12. The third kappa shape index (κ3) is 3.25.